The summed E-state index contributed by atoms with van der Waals surface area (Å²) in [7, 11) is 0. The van der Waals surface area contributed by atoms with Gasteiger partial charge in [-0.15, -0.1) is 16.9 Å². The third-order valence-corrected chi connectivity index (χ3v) is 5.42. The molecule has 0 unspecified atom stereocenters. The normalized spacial score (nSPS) is 11.1. The fourth-order valence-electron chi connectivity index (χ4n) is 3.02. The standard InChI is InChI=1S/C22H22N8O3S/c1-3-12-32-16-8-6-15(7-9-16)19-18(25-29-30(19)21-20(23)27-33-28-21)22(31)26-24-13-14-4-10-17(34-2)11-5-14/h4-11,13H,3,12H2,1-2H3,(H2,23,27)(H,26,31)/b24-13-. The van der Waals surface area contributed by atoms with Crippen molar-refractivity contribution in [3.63, 3.8) is 0 Å². The highest BCUT2D eigenvalue weighted by atomic mass is 32.2. The second-order valence-electron chi connectivity index (χ2n) is 7.02. The van der Waals surface area contributed by atoms with E-state index in [2.05, 4.69) is 31.2 Å². The van der Waals surface area contributed by atoms with Crippen LogP contribution in [0.4, 0.5) is 5.82 Å². The van der Waals surface area contributed by atoms with Gasteiger partial charge >= 0.3 is 0 Å². The first-order valence-corrected chi connectivity index (χ1v) is 11.6. The molecule has 0 atom stereocenters. The zero-order valence-electron chi connectivity index (χ0n) is 18.5. The van der Waals surface area contributed by atoms with Crippen molar-refractivity contribution < 1.29 is 14.2 Å². The number of amides is 1. The quantitative estimate of drug-likeness (QED) is 0.210. The molecular formula is C22H22N8O3S. The van der Waals surface area contributed by atoms with Crippen molar-refractivity contribution in [2.45, 2.75) is 18.2 Å². The second kappa shape index (κ2) is 10.6. The summed E-state index contributed by atoms with van der Waals surface area (Å²) in [6, 6.07) is 14.9. The number of hydrogen-bond acceptors (Lipinski definition) is 10. The molecule has 0 saturated heterocycles. The number of benzene rings is 2. The molecule has 3 N–H and O–H groups in total. The summed E-state index contributed by atoms with van der Waals surface area (Å²) >= 11 is 1.64. The number of carbonyl (C=O) groups excluding carboxylic acids is 1. The van der Waals surface area contributed by atoms with Crippen molar-refractivity contribution in [2.75, 3.05) is 18.6 Å². The van der Waals surface area contributed by atoms with E-state index in [1.807, 2.05) is 37.4 Å². The lowest BCUT2D eigenvalue weighted by Gasteiger charge is -2.08. The number of nitrogen functional groups attached to an aromatic ring is 1. The largest absolute Gasteiger partial charge is 0.494 e. The predicted molar refractivity (Wildman–Crippen MR) is 128 cm³/mol. The second-order valence-corrected chi connectivity index (χ2v) is 7.90. The molecule has 34 heavy (non-hydrogen) atoms. The van der Waals surface area contributed by atoms with E-state index in [-0.39, 0.29) is 17.3 Å². The molecule has 4 rings (SSSR count). The average Bonchev–Trinajstić information content (AvgIpc) is 3.49. The van der Waals surface area contributed by atoms with Gasteiger partial charge in [0, 0.05) is 10.5 Å². The van der Waals surface area contributed by atoms with Crippen LogP contribution in [0.3, 0.4) is 0 Å². The Hall–Kier alpha value is -4.19. The van der Waals surface area contributed by atoms with Gasteiger partial charge in [0.25, 0.3) is 5.91 Å². The van der Waals surface area contributed by atoms with E-state index in [0.717, 1.165) is 16.9 Å². The molecule has 11 nitrogen and oxygen atoms in total. The summed E-state index contributed by atoms with van der Waals surface area (Å²) in [6.07, 6.45) is 4.44. The number of thioether (sulfide) groups is 1. The number of anilines is 1. The number of hydrogen-bond donors (Lipinski definition) is 2. The maximum absolute atomic E-state index is 12.9. The van der Waals surface area contributed by atoms with Gasteiger partial charge in [-0.05, 0) is 65.0 Å². The molecule has 174 valence electrons. The first-order valence-electron chi connectivity index (χ1n) is 10.4. The highest BCUT2D eigenvalue weighted by Gasteiger charge is 2.25. The smallest absolute Gasteiger partial charge is 0.294 e. The van der Waals surface area contributed by atoms with Crippen molar-refractivity contribution in [1.29, 1.82) is 0 Å². The SMILES string of the molecule is CCCOc1ccc(-c2c(C(=O)N/N=C\c3ccc(SC)cc3)nnn2-c2nonc2N)cc1. The average molecular weight is 479 g/mol. The van der Waals surface area contributed by atoms with E-state index in [1.54, 1.807) is 42.2 Å². The van der Waals surface area contributed by atoms with E-state index < -0.39 is 5.91 Å². The number of hydrazone groups is 1. The Kier molecular flexibility index (Phi) is 7.18. The molecule has 12 heteroatoms. The zero-order valence-corrected chi connectivity index (χ0v) is 19.3. The molecule has 0 spiro atoms. The summed E-state index contributed by atoms with van der Waals surface area (Å²) in [4.78, 5) is 14.1. The number of ether oxygens (including phenoxy) is 1. The summed E-state index contributed by atoms with van der Waals surface area (Å²) in [6.45, 7) is 2.63. The summed E-state index contributed by atoms with van der Waals surface area (Å²) < 4.78 is 11.6. The van der Waals surface area contributed by atoms with Crippen LogP contribution < -0.4 is 15.9 Å². The first-order chi connectivity index (χ1) is 16.6. The number of nitrogens with zero attached hydrogens (tertiary/aromatic N) is 6. The lowest BCUT2D eigenvalue weighted by atomic mass is 10.1. The highest BCUT2D eigenvalue weighted by molar-refractivity contribution is 7.98. The molecule has 0 bridgehead atoms. The molecule has 0 fully saturated rings. The van der Waals surface area contributed by atoms with Crippen molar-refractivity contribution in [2.24, 2.45) is 5.10 Å². The number of rotatable bonds is 9. The molecular weight excluding hydrogens is 456 g/mol. The van der Waals surface area contributed by atoms with E-state index in [0.29, 0.717) is 23.6 Å². The Labute approximate surface area is 199 Å². The summed E-state index contributed by atoms with van der Waals surface area (Å²) in [5.74, 6) is 0.271. The first kappa shape index (κ1) is 23.0. The molecule has 4 aromatic rings. The molecule has 0 aliphatic heterocycles. The Balaban J connectivity index is 1.62. The Morgan fingerprint density at radius 1 is 1.21 bits per heavy atom. The number of carbonyl (C=O) groups is 1. The third-order valence-electron chi connectivity index (χ3n) is 4.68. The predicted octanol–water partition coefficient (Wildman–Crippen LogP) is 3.17. The summed E-state index contributed by atoms with van der Waals surface area (Å²) in [5, 5.41) is 19.5. The molecule has 2 aromatic carbocycles. The molecule has 0 aliphatic rings. The third kappa shape index (κ3) is 5.07. The number of nitrogens with one attached hydrogen (secondary N) is 1. The van der Waals surface area contributed by atoms with Crippen molar-refractivity contribution in [3.05, 3.63) is 59.8 Å². The maximum Gasteiger partial charge on any atom is 0.294 e. The van der Waals surface area contributed by atoms with Crippen LogP contribution in [-0.4, -0.2) is 50.3 Å². The zero-order chi connectivity index (χ0) is 23.9. The van der Waals surface area contributed by atoms with Gasteiger partial charge in [-0.3, -0.25) is 4.79 Å². The Bertz CT molecular complexity index is 1280. The van der Waals surface area contributed by atoms with Crippen LogP contribution in [0.2, 0.25) is 0 Å². The van der Waals surface area contributed by atoms with Crippen LogP contribution in [0.25, 0.3) is 17.1 Å². The minimum absolute atomic E-state index is 0.00715. The van der Waals surface area contributed by atoms with Gasteiger partial charge in [0.15, 0.2) is 5.69 Å². The van der Waals surface area contributed by atoms with Crippen LogP contribution >= 0.6 is 11.8 Å². The van der Waals surface area contributed by atoms with Gasteiger partial charge in [0.05, 0.1) is 12.8 Å². The highest BCUT2D eigenvalue weighted by Crippen LogP contribution is 2.28. The van der Waals surface area contributed by atoms with Crippen LogP contribution in [-0.2, 0) is 0 Å². The minimum Gasteiger partial charge on any atom is -0.494 e. The fourth-order valence-corrected chi connectivity index (χ4v) is 3.43. The van der Waals surface area contributed by atoms with Crippen molar-refractivity contribution in [3.8, 4) is 22.8 Å². The maximum atomic E-state index is 12.9. The van der Waals surface area contributed by atoms with E-state index in [4.69, 9.17) is 15.1 Å². The molecule has 0 saturated carbocycles. The molecule has 2 aromatic heterocycles. The Morgan fingerprint density at radius 3 is 2.62 bits per heavy atom. The Morgan fingerprint density at radius 2 is 1.97 bits per heavy atom. The molecule has 0 aliphatic carbocycles. The molecule has 2 heterocycles. The van der Waals surface area contributed by atoms with Crippen LogP contribution in [0.15, 0.2) is 63.2 Å². The fraction of sp³-hybridized carbons (Fsp3) is 0.182. The molecule has 0 radical (unpaired) electrons. The van der Waals surface area contributed by atoms with Gasteiger partial charge in [-0.25, -0.2) is 10.1 Å². The summed E-state index contributed by atoms with van der Waals surface area (Å²) in [5.41, 5.74) is 10.2. The van der Waals surface area contributed by atoms with Gasteiger partial charge in [0.1, 0.15) is 11.4 Å². The molecule has 1 amide bonds. The van der Waals surface area contributed by atoms with Crippen molar-refractivity contribution >= 4 is 29.7 Å². The van der Waals surface area contributed by atoms with Gasteiger partial charge in [-0.2, -0.15) is 9.78 Å². The monoisotopic (exact) mass is 478 g/mol. The van der Waals surface area contributed by atoms with E-state index in [9.17, 15) is 4.79 Å². The lowest BCUT2D eigenvalue weighted by Crippen LogP contribution is -2.19. The topological polar surface area (TPSA) is 146 Å². The van der Waals surface area contributed by atoms with Crippen molar-refractivity contribution in [1.82, 2.24) is 30.7 Å². The number of aromatic nitrogens is 5. The minimum atomic E-state index is -0.556. The number of nitrogens with two attached hydrogens (primary N) is 1. The van der Waals surface area contributed by atoms with Gasteiger partial charge in [-0.1, -0.05) is 24.3 Å². The van der Waals surface area contributed by atoms with Crippen LogP contribution in [0, 0.1) is 0 Å². The lowest BCUT2D eigenvalue weighted by molar-refractivity contribution is 0.0950. The van der Waals surface area contributed by atoms with Crippen LogP contribution in [0.5, 0.6) is 5.75 Å². The van der Waals surface area contributed by atoms with E-state index >= 15 is 0 Å². The van der Waals surface area contributed by atoms with Crippen LogP contribution in [0.1, 0.15) is 29.4 Å². The van der Waals surface area contributed by atoms with Gasteiger partial charge < -0.3 is 10.5 Å². The van der Waals surface area contributed by atoms with Gasteiger partial charge in [0.2, 0.25) is 11.6 Å². The van der Waals surface area contributed by atoms with E-state index in [1.165, 1.54) is 4.68 Å².